The Balaban J connectivity index is 1.73. The average molecular weight is 344 g/mol. The third-order valence-electron chi connectivity index (χ3n) is 4.89. The number of fused-ring (bicyclic) bond motifs is 1. The van der Waals surface area contributed by atoms with Crippen LogP contribution in [0.2, 0.25) is 0 Å². The van der Waals surface area contributed by atoms with E-state index in [0.717, 1.165) is 17.7 Å². The summed E-state index contributed by atoms with van der Waals surface area (Å²) >= 11 is 0. The fourth-order valence-electron chi connectivity index (χ4n) is 3.35. The second-order valence-electron chi connectivity index (χ2n) is 6.81. The lowest BCUT2D eigenvalue weighted by atomic mass is 10.0. The molecular weight excluding hydrogens is 320 g/mol. The first-order valence-corrected chi connectivity index (χ1v) is 8.67. The van der Waals surface area contributed by atoms with Crippen molar-refractivity contribution in [3.8, 4) is 0 Å². The molecule has 134 valence electrons. The van der Waals surface area contributed by atoms with Crippen molar-refractivity contribution in [1.82, 2.24) is 15.5 Å². The van der Waals surface area contributed by atoms with Crippen LogP contribution in [0.1, 0.15) is 41.3 Å². The number of hydrogen-bond acceptors (Lipinski definition) is 5. The number of carbonyl (C=O) groups excluding carboxylic acids is 3. The number of hydrogen-bond donors (Lipinski definition) is 3. The molecule has 0 spiro atoms. The molecule has 0 aliphatic carbocycles. The van der Waals surface area contributed by atoms with Crippen LogP contribution in [-0.4, -0.2) is 41.8 Å². The highest BCUT2D eigenvalue weighted by Gasteiger charge is 2.39. The number of amides is 3. The summed E-state index contributed by atoms with van der Waals surface area (Å²) < 4.78 is 0. The molecule has 0 bridgehead atoms. The fourth-order valence-corrected chi connectivity index (χ4v) is 3.35. The average Bonchev–Trinajstić information content (AvgIpc) is 2.92. The zero-order chi connectivity index (χ0) is 18.0. The third kappa shape index (κ3) is 3.57. The van der Waals surface area contributed by atoms with Gasteiger partial charge in [-0.15, -0.1) is 0 Å². The molecule has 3 amide bonds. The molecular formula is C18H24N4O3. The van der Waals surface area contributed by atoms with Gasteiger partial charge in [-0.2, -0.15) is 0 Å². The molecule has 0 saturated carbocycles. The lowest BCUT2D eigenvalue weighted by molar-refractivity contribution is -0.136. The molecule has 2 atom stereocenters. The van der Waals surface area contributed by atoms with Crippen LogP contribution in [0.25, 0.3) is 0 Å². The van der Waals surface area contributed by atoms with E-state index in [1.807, 2.05) is 12.1 Å². The first-order valence-electron chi connectivity index (χ1n) is 8.67. The molecule has 7 nitrogen and oxygen atoms in total. The van der Waals surface area contributed by atoms with Gasteiger partial charge in [-0.05, 0) is 42.6 Å². The molecule has 2 heterocycles. The highest BCUT2D eigenvalue weighted by atomic mass is 16.2. The van der Waals surface area contributed by atoms with E-state index in [4.69, 9.17) is 5.73 Å². The smallest absolute Gasteiger partial charge is 0.255 e. The summed E-state index contributed by atoms with van der Waals surface area (Å²) in [6, 6.07) is 5.10. The van der Waals surface area contributed by atoms with E-state index in [1.54, 1.807) is 11.0 Å². The normalized spacial score (nSPS) is 21.3. The lowest BCUT2D eigenvalue weighted by Crippen LogP contribution is -2.52. The van der Waals surface area contributed by atoms with Gasteiger partial charge in [0.1, 0.15) is 6.04 Å². The standard InChI is InChI=1S/C18H24N4O3/c1-11(7-19)8-20-9-12-3-2-4-13-14(12)10-22(18(13)25)15-5-6-16(23)21-17(15)24/h2-4,11,15,20H,5-10,19H2,1H3,(H,21,23,24)/t11-,15?/m0/s1. The van der Waals surface area contributed by atoms with Crippen molar-refractivity contribution in [2.24, 2.45) is 11.7 Å². The number of imide groups is 1. The topological polar surface area (TPSA) is 105 Å². The predicted octanol–water partition coefficient (Wildman–Crippen LogP) is 0.132. The molecule has 7 heteroatoms. The van der Waals surface area contributed by atoms with Gasteiger partial charge in [0.25, 0.3) is 5.91 Å². The van der Waals surface area contributed by atoms with Gasteiger partial charge in [0, 0.05) is 25.1 Å². The van der Waals surface area contributed by atoms with E-state index in [2.05, 4.69) is 17.6 Å². The Morgan fingerprint density at radius 3 is 2.88 bits per heavy atom. The van der Waals surface area contributed by atoms with Gasteiger partial charge in [-0.3, -0.25) is 19.7 Å². The maximum atomic E-state index is 12.7. The summed E-state index contributed by atoms with van der Waals surface area (Å²) in [4.78, 5) is 37.7. The maximum Gasteiger partial charge on any atom is 0.255 e. The number of nitrogens with zero attached hydrogens (tertiary/aromatic N) is 1. The van der Waals surface area contributed by atoms with Gasteiger partial charge in [0.15, 0.2) is 0 Å². The Morgan fingerprint density at radius 2 is 2.16 bits per heavy atom. The number of benzene rings is 1. The summed E-state index contributed by atoms with van der Waals surface area (Å²) in [5.41, 5.74) is 8.30. The van der Waals surface area contributed by atoms with E-state index in [9.17, 15) is 14.4 Å². The SMILES string of the molecule is C[C@@H](CN)CNCc1cccc2c1CN(C1CCC(=O)NC1=O)C2=O. The van der Waals surface area contributed by atoms with Crippen LogP contribution in [0, 0.1) is 5.92 Å². The molecule has 2 aliphatic rings. The summed E-state index contributed by atoms with van der Waals surface area (Å²) in [5.74, 6) is -0.404. The number of piperidine rings is 1. The lowest BCUT2D eigenvalue weighted by Gasteiger charge is -2.29. The molecule has 3 rings (SSSR count). The number of nitrogens with one attached hydrogen (secondary N) is 2. The van der Waals surface area contributed by atoms with Crippen molar-refractivity contribution in [3.63, 3.8) is 0 Å². The quantitative estimate of drug-likeness (QED) is 0.637. The van der Waals surface area contributed by atoms with Crippen molar-refractivity contribution in [2.75, 3.05) is 13.1 Å². The summed E-state index contributed by atoms with van der Waals surface area (Å²) in [7, 11) is 0. The van der Waals surface area contributed by atoms with Gasteiger partial charge in [-0.1, -0.05) is 19.1 Å². The minimum atomic E-state index is -0.573. The fraction of sp³-hybridized carbons (Fsp3) is 0.500. The predicted molar refractivity (Wildman–Crippen MR) is 92.4 cm³/mol. The highest BCUT2D eigenvalue weighted by Crippen LogP contribution is 2.29. The Hall–Kier alpha value is -2.25. The van der Waals surface area contributed by atoms with Crippen LogP contribution in [0.15, 0.2) is 18.2 Å². The monoisotopic (exact) mass is 344 g/mol. The van der Waals surface area contributed by atoms with Gasteiger partial charge in [0.05, 0.1) is 0 Å². The largest absolute Gasteiger partial charge is 0.330 e. The number of carbonyl (C=O) groups is 3. The third-order valence-corrected chi connectivity index (χ3v) is 4.89. The minimum absolute atomic E-state index is 0.137. The first kappa shape index (κ1) is 17.6. The molecule has 25 heavy (non-hydrogen) atoms. The van der Waals surface area contributed by atoms with E-state index < -0.39 is 6.04 Å². The van der Waals surface area contributed by atoms with Crippen LogP contribution in [-0.2, 0) is 22.7 Å². The van der Waals surface area contributed by atoms with Crippen LogP contribution in [0.4, 0.5) is 0 Å². The molecule has 1 aromatic carbocycles. The Kier molecular flexibility index (Phi) is 5.15. The summed E-state index contributed by atoms with van der Waals surface area (Å²) in [6.45, 7) is 4.58. The minimum Gasteiger partial charge on any atom is -0.330 e. The summed E-state index contributed by atoms with van der Waals surface area (Å²) in [6.07, 6.45) is 0.647. The second-order valence-corrected chi connectivity index (χ2v) is 6.81. The van der Waals surface area contributed by atoms with Crippen molar-refractivity contribution in [3.05, 3.63) is 34.9 Å². The highest BCUT2D eigenvalue weighted by molar-refractivity contribution is 6.05. The second kappa shape index (κ2) is 7.33. The van der Waals surface area contributed by atoms with E-state index >= 15 is 0 Å². The van der Waals surface area contributed by atoms with Crippen LogP contribution >= 0.6 is 0 Å². The number of nitrogens with two attached hydrogens (primary N) is 1. The first-order chi connectivity index (χ1) is 12.0. The van der Waals surface area contributed by atoms with Crippen molar-refractivity contribution >= 4 is 17.7 Å². The molecule has 1 saturated heterocycles. The molecule has 1 unspecified atom stereocenters. The van der Waals surface area contributed by atoms with Crippen LogP contribution in [0.3, 0.4) is 0 Å². The summed E-state index contributed by atoms with van der Waals surface area (Å²) in [5, 5.41) is 5.70. The molecule has 0 radical (unpaired) electrons. The Bertz CT molecular complexity index is 704. The molecule has 1 fully saturated rings. The van der Waals surface area contributed by atoms with Crippen molar-refractivity contribution in [1.29, 1.82) is 0 Å². The van der Waals surface area contributed by atoms with Gasteiger partial charge in [-0.25, -0.2) is 0 Å². The van der Waals surface area contributed by atoms with Crippen molar-refractivity contribution in [2.45, 2.75) is 38.9 Å². The molecule has 2 aliphatic heterocycles. The number of rotatable bonds is 6. The zero-order valence-electron chi connectivity index (χ0n) is 14.4. The van der Waals surface area contributed by atoms with E-state index in [1.165, 1.54) is 0 Å². The molecule has 0 aromatic heterocycles. The van der Waals surface area contributed by atoms with E-state index in [-0.39, 0.29) is 24.1 Å². The van der Waals surface area contributed by atoms with Crippen LogP contribution < -0.4 is 16.4 Å². The molecule has 1 aromatic rings. The zero-order valence-corrected chi connectivity index (χ0v) is 14.4. The molecule has 4 N–H and O–H groups in total. The Morgan fingerprint density at radius 1 is 1.36 bits per heavy atom. The Labute approximate surface area is 146 Å². The van der Waals surface area contributed by atoms with Gasteiger partial charge >= 0.3 is 0 Å². The van der Waals surface area contributed by atoms with Gasteiger partial charge < -0.3 is 16.0 Å². The van der Waals surface area contributed by atoms with E-state index in [0.29, 0.717) is 37.5 Å². The van der Waals surface area contributed by atoms with Gasteiger partial charge in [0.2, 0.25) is 11.8 Å². The maximum absolute atomic E-state index is 12.7. The van der Waals surface area contributed by atoms with Crippen molar-refractivity contribution < 1.29 is 14.4 Å². The van der Waals surface area contributed by atoms with Crippen LogP contribution in [0.5, 0.6) is 0 Å².